The summed E-state index contributed by atoms with van der Waals surface area (Å²) in [6.07, 6.45) is 8.65. The van der Waals surface area contributed by atoms with E-state index in [0.717, 1.165) is 21.2 Å². The van der Waals surface area contributed by atoms with Gasteiger partial charge < -0.3 is 0 Å². The smallest absolute Gasteiger partial charge is 0.0636 e. The van der Waals surface area contributed by atoms with E-state index in [1.165, 1.54) is 31.2 Å². The van der Waals surface area contributed by atoms with Crippen molar-refractivity contribution in [3.05, 3.63) is 99.8 Å². The number of rotatable bonds is 4. The highest BCUT2D eigenvalue weighted by Crippen LogP contribution is 2.50. The third-order valence-electron chi connectivity index (χ3n) is 6.66. The fourth-order valence-corrected chi connectivity index (χ4v) is 5.90. The first-order chi connectivity index (χ1) is 14.2. The summed E-state index contributed by atoms with van der Waals surface area (Å²) in [5.41, 5.74) is 3.73. The minimum Gasteiger partial charge on any atom is -0.286 e. The molecule has 148 valence electrons. The molecule has 0 amide bonds. The van der Waals surface area contributed by atoms with Crippen molar-refractivity contribution in [2.45, 2.75) is 49.7 Å². The van der Waals surface area contributed by atoms with Crippen LogP contribution < -0.4 is 0 Å². The number of nitrogens with zero attached hydrogens (tertiary/aromatic N) is 2. The first kappa shape index (κ1) is 19.1. The van der Waals surface area contributed by atoms with Gasteiger partial charge >= 0.3 is 0 Å². The summed E-state index contributed by atoms with van der Waals surface area (Å²) in [7, 11) is 0. The van der Waals surface area contributed by atoms with E-state index in [1.807, 2.05) is 36.7 Å². The van der Waals surface area contributed by atoms with Crippen LogP contribution in [0.2, 0.25) is 10.0 Å². The van der Waals surface area contributed by atoms with Gasteiger partial charge in [-0.3, -0.25) is 9.88 Å². The van der Waals surface area contributed by atoms with Crippen LogP contribution in [0.5, 0.6) is 0 Å². The van der Waals surface area contributed by atoms with Gasteiger partial charge in [-0.05, 0) is 72.6 Å². The molecular weight excluding hydrogens is 399 g/mol. The van der Waals surface area contributed by atoms with Crippen LogP contribution in [0, 0.1) is 0 Å². The highest BCUT2D eigenvalue weighted by atomic mass is 35.5. The molecule has 29 heavy (non-hydrogen) atoms. The number of halogens is 2. The molecular formula is C25H24Cl2N2. The summed E-state index contributed by atoms with van der Waals surface area (Å²) < 4.78 is 0. The van der Waals surface area contributed by atoms with Crippen molar-refractivity contribution < 1.29 is 0 Å². The number of aromatic nitrogens is 1. The first-order valence-electron chi connectivity index (χ1n) is 10.4. The van der Waals surface area contributed by atoms with E-state index in [4.69, 9.17) is 23.2 Å². The van der Waals surface area contributed by atoms with Crippen molar-refractivity contribution >= 4 is 23.2 Å². The number of pyridine rings is 1. The summed E-state index contributed by atoms with van der Waals surface area (Å²) in [4.78, 5) is 6.90. The van der Waals surface area contributed by atoms with Crippen molar-refractivity contribution in [3.8, 4) is 0 Å². The van der Waals surface area contributed by atoms with Gasteiger partial charge in [0.15, 0.2) is 0 Å². The molecule has 2 nitrogen and oxygen atoms in total. The summed E-state index contributed by atoms with van der Waals surface area (Å²) in [6.45, 7) is 0. The van der Waals surface area contributed by atoms with Crippen molar-refractivity contribution in [2.24, 2.45) is 0 Å². The zero-order valence-electron chi connectivity index (χ0n) is 16.2. The second kappa shape index (κ2) is 8.10. The minimum atomic E-state index is 0.0910. The molecule has 2 fully saturated rings. The molecule has 1 aromatic heterocycles. The fraction of sp³-hybridized carbons (Fsp3) is 0.320. The standard InChI is InChI=1S/C25H24Cl2N2/c26-23-7-3-1-5-21(23)25(22-6-2-4-8-24(22)27)29-19-9-10-20(29)16-18(15-19)17-11-13-28-14-12-17/h1-8,11-14,18-20,25H,9-10,15-16H2/t18?,19-,20+. The van der Waals surface area contributed by atoms with E-state index < -0.39 is 0 Å². The first-order valence-corrected chi connectivity index (χ1v) is 11.1. The molecule has 2 bridgehead atoms. The lowest BCUT2D eigenvalue weighted by atomic mass is 9.83. The monoisotopic (exact) mass is 422 g/mol. The van der Waals surface area contributed by atoms with E-state index in [0.29, 0.717) is 18.0 Å². The van der Waals surface area contributed by atoms with Crippen LogP contribution in [-0.2, 0) is 0 Å². The Morgan fingerprint density at radius 1 is 0.759 bits per heavy atom. The van der Waals surface area contributed by atoms with Crippen molar-refractivity contribution in [2.75, 3.05) is 0 Å². The van der Waals surface area contributed by atoms with Gasteiger partial charge in [-0.1, -0.05) is 59.6 Å². The van der Waals surface area contributed by atoms with Gasteiger partial charge in [0.1, 0.15) is 0 Å². The molecule has 1 unspecified atom stereocenters. The quantitative estimate of drug-likeness (QED) is 0.454. The Hall–Kier alpha value is -1.87. The van der Waals surface area contributed by atoms with Crippen LogP contribution in [0.15, 0.2) is 73.1 Å². The Morgan fingerprint density at radius 3 is 1.79 bits per heavy atom. The maximum atomic E-state index is 6.70. The number of hydrogen-bond acceptors (Lipinski definition) is 2. The molecule has 2 aliphatic rings. The molecule has 0 N–H and O–H groups in total. The van der Waals surface area contributed by atoms with Crippen molar-refractivity contribution in [1.82, 2.24) is 9.88 Å². The molecule has 2 aromatic carbocycles. The molecule has 5 rings (SSSR count). The lowest BCUT2D eigenvalue weighted by molar-refractivity contribution is 0.0935. The molecule has 2 aliphatic heterocycles. The number of piperidine rings is 1. The lowest BCUT2D eigenvalue weighted by Crippen LogP contribution is -2.45. The predicted octanol–water partition coefficient (Wildman–Crippen LogP) is 6.89. The molecule has 0 saturated carbocycles. The predicted molar refractivity (Wildman–Crippen MR) is 120 cm³/mol. The van der Waals surface area contributed by atoms with Crippen LogP contribution in [-0.4, -0.2) is 22.0 Å². The van der Waals surface area contributed by atoms with Crippen LogP contribution in [0.25, 0.3) is 0 Å². The second-order valence-corrected chi connectivity index (χ2v) is 9.04. The average Bonchev–Trinajstić information content (AvgIpc) is 3.00. The van der Waals surface area contributed by atoms with Crippen LogP contribution in [0.3, 0.4) is 0 Å². The van der Waals surface area contributed by atoms with Crippen LogP contribution in [0.4, 0.5) is 0 Å². The Labute approximate surface area is 182 Å². The van der Waals surface area contributed by atoms with Gasteiger partial charge in [-0.15, -0.1) is 0 Å². The zero-order valence-corrected chi connectivity index (χ0v) is 17.7. The number of hydrogen-bond donors (Lipinski definition) is 0. The Balaban J connectivity index is 1.54. The van der Waals surface area contributed by atoms with Gasteiger partial charge in [0, 0.05) is 34.5 Å². The zero-order chi connectivity index (χ0) is 19.8. The molecule has 3 atom stereocenters. The molecule has 3 aromatic rings. The Bertz CT molecular complexity index is 931. The summed E-state index contributed by atoms with van der Waals surface area (Å²) in [6, 6.07) is 22.0. The van der Waals surface area contributed by atoms with Crippen molar-refractivity contribution in [1.29, 1.82) is 0 Å². The molecule has 4 heteroatoms. The highest BCUT2D eigenvalue weighted by molar-refractivity contribution is 6.32. The van der Waals surface area contributed by atoms with E-state index in [2.05, 4.69) is 46.3 Å². The van der Waals surface area contributed by atoms with Gasteiger partial charge in [0.25, 0.3) is 0 Å². The SMILES string of the molecule is Clc1ccccc1C(c1ccccc1Cl)N1[C@@H]2CC[C@H]1CC(c1ccncc1)C2. The second-order valence-electron chi connectivity index (χ2n) is 8.23. The van der Waals surface area contributed by atoms with E-state index in [9.17, 15) is 0 Å². The van der Waals surface area contributed by atoms with Crippen LogP contribution >= 0.6 is 23.2 Å². The van der Waals surface area contributed by atoms with Gasteiger partial charge in [0.05, 0.1) is 6.04 Å². The lowest BCUT2D eigenvalue weighted by Gasteiger charge is -2.44. The Morgan fingerprint density at radius 2 is 1.28 bits per heavy atom. The molecule has 0 spiro atoms. The van der Waals surface area contributed by atoms with E-state index >= 15 is 0 Å². The summed E-state index contributed by atoms with van der Waals surface area (Å²) in [5.74, 6) is 0.602. The molecule has 0 radical (unpaired) electrons. The van der Waals surface area contributed by atoms with E-state index in [-0.39, 0.29) is 6.04 Å². The fourth-order valence-electron chi connectivity index (χ4n) is 5.43. The third-order valence-corrected chi connectivity index (χ3v) is 7.35. The van der Waals surface area contributed by atoms with Crippen LogP contribution in [0.1, 0.15) is 54.3 Å². The third kappa shape index (κ3) is 3.59. The minimum absolute atomic E-state index is 0.0910. The van der Waals surface area contributed by atoms with Gasteiger partial charge in [0.2, 0.25) is 0 Å². The average molecular weight is 423 g/mol. The number of benzene rings is 2. The molecule has 0 aliphatic carbocycles. The summed E-state index contributed by atoms with van der Waals surface area (Å²) >= 11 is 13.4. The normalized spacial score (nSPS) is 24.2. The maximum Gasteiger partial charge on any atom is 0.0636 e. The van der Waals surface area contributed by atoms with Gasteiger partial charge in [-0.2, -0.15) is 0 Å². The van der Waals surface area contributed by atoms with E-state index in [1.54, 1.807) is 0 Å². The molecule has 2 saturated heterocycles. The maximum absolute atomic E-state index is 6.70. The Kier molecular flexibility index (Phi) is 5.34. The number of fused-ring (bicyclic) bond motifs is 2. The van der Waals surface area contributed by atoms with Crippen molar-refractivity contribution in [3.63, 3.8) is 0 Å². The van der Waals surface area contributed by atoms with Gasteiger partial charge in [-0.25, -0.2) is 0 Å². The summed E-state index contributed by atoms with van der Waals surface area (Å²) in [5, 5.41) is 1.63. The largest absolute Gasteiger partial charge is 0.286 e. The topological polar surface area (TPSA) is 16.1 Å². The highest BCUT2D eigenvalue weighted by Gasteiger charge is 2.45. The molecule has 3 heterocycles.